The fourth-order valence-corrected chi connectivity index (χ4v) is 4.70. The lowest BCUT2D eigenvalue weighted by Crippen LogP contribution is -2.42. The zero-order valence-electron chi connectivity index (χ0n) is 15.8. The molecule has 0 heterocycles. The van der Waals surface area contributed by atoms with Gasteiger partial charge in [0.05, 0.1) is 18.8 Å². The third-order valence-corrected chi connectivity index (χ3v) is 6.10. The summed E-state index contributed by atoms with van der Waals surface area (Å²) in [5, 5.41) is 9.59. The number of benzene rings is 1. The largest absolute Gasteiger partial charge is 0.396 e. The summed E-state index contributed by atoms with van der Waals surface area (Å²) in [6.07, 6.45) is 6.57. The Morgan fingerprint density at radius 2 is 1.92 bits per heavy atom. The van der Waals surface area contributed by atoms with E-state index in [1.165, 1.54) is 37.7 Å². The summed E-state index contributed by atoms with van der Waals surface area (Å²) in [4.78, 5) is 0. The summed E-state index contributed by atoms with van der Waals surface area (Å²) in [5.74, 6) is 0.947. The summed E-state index contributed by atoms with van der Waals surface area (Å²) in [6, 6.07) is 8.31. The van der Waals surface area contributed by atoms with Crippen molar-refractivity contribution in [2.75, 3.05) is 13.7 Å². The average molecular weight is 413 g/mol. The molecule has 1 N–H and O–H groups in total. The van der Waals surface area contributed by atoms with Crippen molar-refractivity contribution < 1.29 is 14.6 Å². The smallest absolute Gasteiger partial charge is 0.0721 e. The van der Waals surface area contributed by atoms with E-state index in [9.17, 15) is 5.11 Å². The highest BCUT2D eigenvalue weighted by molar-refractivity contribution is 9.10. The lowest BCUT2D eigenvalue weighted by atomic mass is 9.77. The first-order valence-corrected chi connectivity index (χ1v) is 10.4. The zero-order chi connectivity index (χ0) is 18.2. The van der Waals surface area contributed by atoms with Crippen molar-refractivity contribution in [3.63, 3.8) is 0 Å². The summed E-state index contributed by atoms with van der Waals surface area (Å²) in [7, 11) is 1.75. The molecule has 25 heavy (non-hydrogen) atoms. The highest BCUT2D eigenvalue weighted by Crippen LogP contribution is 2.35. The van der Waals surface area contributed by atoms with E-state index >= 15 is 0 Å². The van der Waals surface area contributed by atoms with Crippen LogP contribution in [0.5, 0.6) is 0 Å². The minimum Gasteiger partial charge on any atom is -0.396 e. The van der Waals surface area contributed by atoms with Gasteiger partial charge in [-0.2, -0.15) is 0 Å². The van der Waals surface area contributed by atoms with Crippen molar-refractivity contribution in [2.24, 2.45) is 17.8 Å². The summed E-state index contributed by atoms with van der Waals surface area (Å²) in [6.45, 7) is 5.04. The van der Waals surface area contributed by atoms with Crippen LogP contribution in [0.3, 0.4) is 0 Å². The Bertz CT molecular complexity index is 502. The van der Waals surface area contributed by atoms with Gasteiger partial charge in [-0.05, 0) is 36.5 Å². The van der Waals surface area contributed by atoms with Crippen LogP contribution in [-0.4, -0.2) is 31.0 Å². The lowest BCUT2D eigenvalue weighted by Gasteiger charge is -2.39. The molecular formula is C21H33BrO3. The van der Waals surface area contributed by atoms with E-state index in [0.29, 0.717) is 12.5 Å². The van der Waals surface area contributed by atoms with E-state index in [1.54, 1.807) is 7.11 Å². The summed E-state index contributed by atoms with van der Waals surface area (Å²) >= 11 is 3.53. The highest BCUT2D eigenvalue weighted by atomic mass is 79.9. The SMILES string of the molecule is CO[C@H]([C@@H](C)[C@H](OCc1cccc(Br)c1)C1CCCCC1)[C@H](C)CO. The molecule has 4 heteroatoms. The predicted octanol–water partition coefficient (Wildman–Crippen LogP) is 5.19. The molecule has 1 aromatic rings. The molecule has 1 fully saturated rings. The number of aliphatic hydroxyl groups is 1. The van der Waals surface area contributed by atoms with Crippen LogP contribution in [0.1, 0.15) is 51.5 Å². The molecule has 0 saturated heterocycles. The highest BCUT2D eigenvalue weighted by Gasteiger charge is 2.35. The topological polar surface area (TPSA) is 38.7 Å². The molecule has 0 unspecified atom stereocenters. The number of halogens is 1. The van der Waals surface area contributed by atoms with E-state index in [1.807, 2.05) is 12.1 Å². The second-order valence-corrected chi connectivity index (χ2v) is 8.44. The maximum absolute atomic E-state index is 9.59. The molecule has 142 valence electrons. The summed E-state index contributed by atoms with van der Waals surface area (Å²) < 4.78 is 13.3. The number of methoxy groups -OCH3 is 1. The second-order valence-electron chi connectivity index (χ2n) is 7.52. The molecule has 0 radical (unpaired) electrons. The minimum absolute atomic E-state index is 0.0134. The first kappa shape index (κ1) is 20.9. The Kier molecular flexibility index (Phi) is 8.91. The molecule has 0 spiro atoms. The molecule has 2 rings (SSSR count). The van der Waals surface area contributed by atoms with Crippen molar-refractivity contribution in [2.45, 2.75) is 64.8 Å². The Hall–Kier alpha value is -0.420. The molecule has 0 amide bonds. The van der Waals surface area contributed by atoms with Crippen molar-refractivity contribution in [3.05, 3.63) is 34.3 Å². The monoisotopic (exact) mass is 412 g/mol. The first-order valence-electron chi connectivity index (χ1n) is 9.56. The third-order valence-electron chi connectivity index (χ3n) is 5.60. The van der Waals surface area contributed by atoms with Gasteiger partial charge in [0.25, 0.3) is 0 Å². The maximum Gasteiger partial charge on any atom is 0.0721 e. The molecule has 4 atom stereocenters. The quantitative estimate of drug-likeness (QED) is 0.605. The van der Waals surface area contributed by atoms with Crippen LogP contribution in [0.15, 0.2) is 28.7 Å². The molecule has 3 nitrogen and oxygen atoms in total. The first-order chi connectivity index (χ1) is 12.1. The van der Waals surface area contributed by atoms with Gasteiger partial charge in [-0.15, -0.1) is 0 Å². The van der Waals surface area contributed by atoms with Gasteiger partial charge in [0, 0.05) is 30.0 Å². The van der Waals surface area contributed by atoms with Crippen LogP contribution in [0.25, 0.3) is 0 Å². The Morgan fingerprint density at radius 1 is 1.20 bits per heavy atom. The second kappa shape index (κ2) is 10.7. The molecule has 1 aromatic carbocycles. The Balaban J connectivity index is 2.11. The molecule has 0 aliphatic heterocycles. The van der Waals surface area contributed by atoms with Crippen LogP contribution in [0, 0.1) is 17.8 Å². The fraction of sp³-hybridized carbons (Fsp3) is 0.714. The van der Waals surface area contributed by atoms with E-state index in [0.717, 1.165) is 4.47 Å². The minimum atomic E-state index is 0.0134. The van der Waals surface area contributed by atoms with Crippen molar-refractivity contribution in [3.8, 4) is 0 Å². The van der Waals surface area contributed by atoms with Gasteiger partial charge in [-0.1, -0.05) is 61.2 Å². The van der Waals surface area contributed by atoms with Crippen LogP contribution < -0.4 is 0 Å². The number of hydrogen-bond acceptors (Lipinski definition) is 3. The van der Waals surface area contributed by atoms with Gasteiger partial charge in [-0.25, -0.2) is 0 Å². The molecular weight excluding hydrogens is 380 g/mol. The zero-order valence-corrected chi connectivity index (χ0v) is 17.4. The van der Waals surface area contributed by atoms with Gasteiger partial charge in [0.2, 0.25) is 0 Å². The molecule has 1 aliphatic rings. The number of rotatable bonds is 9. The lowest BCUT2D eigenvalue weighted by molar-refractivity contribution is -0.102. The van der Waals surface area contributed by atoms with E-state index < -0.39 is 0 Å². The normalized spacial score (nSPS) is 20.8. The van der Waals surface area contributed by atoms with Gasteiger partial charge < -0.3 is 14.6 Å². The average Bonchev–Trinajstić information content (AvgIpc) is 2.63. The predicted molar refractivity (Wildman–Crippen MR) is 106 cm³/mol. The van der Waals surface area contributed by atoms with Crippen molar-refractivity contribution in [1.29, 1.82) is 0 Å². The van der Waals surface area contributed by atoms with E-state index in [-0.39, 0.29) is 30.7 Å². The van der Waals surface area contributed by atoms with Gasteiger partial charge >= 0.3 is 0 Å². The third kappa shape index (κ3) is 6.06. The maximum atomic E-state index is 9.59. The number of aliphatic hydroxyl groups excluding tert-OH is 1. The van der Waals surface area contributed by atoms with Crippen LogP contribution in [0.2, 0.25) is 0 Å². The Morgan fingerprint density at radius 3 is 2.52 bits per heavy atom. The van der Waals surface area contributed by atoms with Crippen LogP contribution >= 0.6 is 15.9 Å². The molecule has 0 aromatic heterocycles. The number of hydrogen-bond donors (Lipinski definition) is 1. The fourth-order valence-electron chi connectivity index (χ4n) is 4.26. The van der Waals surface area contributed by atoms with Crippen LogP contribution in [-0.2, 0) is 16.1 Å². The summed E-state index contributed by atoms with van der Waals surface area (Å²) in [5.41, 5.74) is 1.19. The van der Waals surface area contributed by atoms with Gasteiger partial charge in [-0.3, -0.25) is 0 Å². The van der Waals surface area contributed by atoms with Crippen molar-refractivity contribution in [1.82, 2.24) is 0 Å². The van der Waals surface area contributed by atoms with Crippen molar-refractivity contribution >= 4 is 15.9 Å². The molecule has 0 bridgehead atoms. The van der Waals surface area contributed by atoms with E-state index in [4.69, 9.17) is 9.47 Å². The Labute approximate surface area is 161 Å². The molecule has 1 saturated carbocycles. The number of ether oxygens (including phenoxy) is 2. The van der Waals surface area contributed by atoms with Gasteiger partial charge in [0.15, 0.2) is 0 Å². The van der Waals surface area contributed by atoms with Crippen LogP contribution in [0.4, 0.5) is 0 Å². The molecule has 1 aliphatic carbocycles. The van der Waals surface area contributed by atoms with Gasteiger partial charge in [0.1, 0.15) is 0 Å². The van der Waals surface area contributed by atoms with E-state index in [2.05, 4.69) is 41.9 Å². The standard InChI is InChI=1S/C21H33BrO3/c1-15(13-23)20(24-3)16(2)21(18-9-5-4-6-10-18)25-14-17-8-7-11-19(22)12-17/h7-8,11-12,15-16,18,20-21,23H,4-6,9-10,13-14H2,1-3H3/t15-,16-,20+,21+/m1/s1.